The number of benzene rings is 1. The Labute approximate surface area is 173 Å². The molecule has 1 atom stereocenters. The molecule has 3 amide bonds. The molecule has 4 saturated carbocycles. The molecule has 1 unspecified atom stereocenters. The number of para-hydroxylation sites is 1. The lowest BCUT2D eigenvalue weighted by molar-refractivity contribution is -0.121. The van der Waals surface area contributed by atoms with E-state index in [-0.39, 0.29) is 17.9 Å². The van der Waals surface area contributed by atoms with Crippen molar-refractivity contribution in [3.8, 4) is 0 Å². The molecule has 156 valence electrons. The summed E-state index contributed by atoms with van der Waals surface area (Å²) in [6, 6.07) is 9.60. The van der Waals surface area contributed by atoms with Gasteiger partial charge in [-0.1, -0.05) is 18.2 Å². The van der Waals surface area contributed by atoms with Gasteiger partial charge in [-0.25, -0.2) is 4.79 Å². The number of hydrogen-bond acceptors (Lipinski definition) is 2. The molecule has 1 saturated heterocycles. The number of nitrogens with zero attached hydrogens (tertiary/aromatic N) is 1. The van der Waals surface area contributed by atoms with E-state index >= 15 is 0 Å². The Morgan fingerprint density at radius 1 is 1.00 bits per heavy atom. The second kappa shape index (κ2) is 7.66. The second-order valence-corrected chi connectivity index (χ2v) is 10.2. The van der Waals surface area contributed by atoms with Gasteiger partial charge in [-0.2, -0.15) is 0 Å². The van der Waals surface area contributed by atoms with E-state index in [0.29, 0.717) is 12.0 Å². The third-order valence-electron chi connectivity index (χ3n) is 7.90. The van der Waals surface area contributed by atoms with Gasteiger partial charge in [0.05, 0.1) is 5.92 Å². The molecule has 5 aliphatic rings. The number of piperidine rings is 1. The van der Waals surface area contributed by atoms with E-state index in [1.54, 1.807) is 0 Å². The second-order valence-electron chi connectivity index (χ2n) is 10.2. The highest BCUT2D eigenvalue weighted by molar-refractivity contribution is 5.93. The molecule has 1 aromatic rings. The van der Waals surface area contributed by atoms with E-state index in [9.17, 15) is 9.59 Å². The SMILES string of the molecule is O=C(Nc1ccccc1)C1CCCN(C(=O)NCC23CC4CC(CC(C4)C2)C3)C1. The molecule has 6 rings (SSSR count). The summed E-state index contributed by atoms with van der Waals surface area (Å²) in [6.07, 6.45) is 9.94. The molecule has 2 N–H and O–H groups in total. The number of carbonyl (C=O) groups excluding carboxylic acids is 2. The zero-order valence-electron chi connectivity index (χ0n) is 17.2. The topological polar surface area (TPSA) is 61.4 Å². The molecule has 5 fully saturated rings. The first-order chi connectivity index (χ1) is 14.1. The van der Waals surface area contributed by atoms with E-state index in [0.717, 1.165) is 49.4 Å². The Morgan fingerprint density at radius 3 is 2.31 bits per heavy atom. The quantitative estimate of drug-likeness (QED) is 0.800. The summed E-state index contributed by atoms with van der Waals surface area (Å²) < 4.78 is 0. The minimum atomic E-state index is -0.130. The van der Waals surface area contributed by atoms with Gasteiger partial charge in [0, 0.05) is 25.3 Å². The molecule has 0 spiro atoms. The predicted octanol–water partition coefficient (Wildman–Crippen LogP) is 4.26. The van der Waals surface area contributed by atoms with Crippen molar-refractivity contribution in [2.75, 3.05) is 25.0 Å². The third kappa shape index (κ3) is 4.01. The average molecular weight is 396 g/mol. The van der Waals surface area contributed by atoms with E-state index in [4.69, 9.17) is 0 Å². The maximum atomic E-state index is 12.9. The van der Waals surface area contributed by atoms with Crippen LogP contribution in [0, 0.1) is 29.1 Å². The fourth-order valence-electron chi connectivity index (χ4n) is 7.02. The summed E-state index contributed by atoms with van der Waals surface area (Å²) in [7, 11) is 0. The van der Waals surface area contributed by atoms with Gasteiger partial charge in [-0.15, -0.1) is 0 Å². The number of anilines is 1. The lowest BCUT2D eigenvalue weighted by Crippen LogP contribution is -2.54. The molecule has 5 heteroatoms. The molecule has 29 heavy (non-hydrogen) atoms. The molecule has 4 bridgehead atoms. The van der Waals surface area contributed by atoms with Gasteiger partial charge < -0.3 is 15.5 Å². The molecule has 0 aromatic heterocycles. The number of nitrogens with one attached hydrogen (secondary N) is 2. The maximum absolute atomic E-state index is 12.9. The number of hydrogen-bond donors (Lipinski definition) is 2. The predicted molar refractivity (Wildman–Crippen MR) is 113 cm³/mol. The van der Waals surface area contributed by atoms with Gasteiger partial charge >= 0.3 is 6.03 Å². The van der Waals surface area contributed by atoms with Crippen LogP contribution in [0.25, 0.3) is 0 Å². The molecule has 1 aromatic carbocycles. The van der Waals surface area contributed by atoms with Crippen LogP contribution in [0.1, 0.15) is 51.4 Å². The summed E-state index contributed by atoms with van der Waals surface area (Å²) in [5.41, 5.74) is 1.17. The van der Waals surface area contributed by atoms with Crippen LogP contribution >= 0.6 is 0 Å². The fourth-order valence-corrected chi connectivity index (χ4v) is 7.02. The summed E-state index contributed by atoms with van der Waals surface area (Å²) in [5.74, 6) is 2.60. The van der Waals surface area contributed by atoms with Crippen molar-refractivity contribution in [2.45, 2.75) is 51.4 Å². The number of amides is 3. The van der Waals surface area contributed by atoms with Crippen LogP contribution in [0.2, 0.25) is 0 Å². The zero-order chi connectivity index (χ0) is 19.8. The summed E-state index contributed by atoms with van der Waals surface area (Å²) in [6.45, 7) is 2.10. The lowest BCUT2D eigenvalue weighted by atomic mass is 9.49. The first kappa shape index (κ1) is 19.0. The molecule has 4 aliphatic carbocycles. The van der Waals surface area contributed by atoms with Gasteiger partial charge in [0.25, 0.3) is 0 Å². The van der Waals surface area contributed by atoms with Crippen molar-refractivity contribution in [3.05, 3.63) is 30.3 Å². The van der Waals surface area contributed by atoms with Gasteiger partial charge in [-0.3, -0.25) is 4.79 Å². The standard InChI is InChI=1S/C24H33N3O2/c28-22(26-21-6-2-1-3-7-21)20-5-4-8-27(15-20)23(29)25-16-24-12-17-9-18(13-24)11-19(10-17)14-24/h1-3,6-7,17-20H,4-5,8-16H2,(H,25,29)(H,26,28). The van der Waals surface area contributed by atoms with E-state index in [1.807, 2.05) is 35.2 Å². The van der Waals surface area contributed by atoms with Gasteiger partial charge in [0.15, 0.2) is 0 Å². The molecule has 1 heterocycles. The lowest BCUT2D eigenvalue weighted by Gasteiger charge is -2.57. The van der Waals surface area contributed by atoms with Crippen LogP contribution in [-0.4, -0.2) is 36.5 Å². The highest BCUT2D eigenvalue weighted by Gasteiger charge is 2.50. The maximum Gasteiger partial charge on any atom is 0.317 e. The zero-order valence-corrected chi connectivity index (χ0v) is 17.2. The van der Waals surface area contributed by atoms with Crippen LogP contribution < -0.4 is 10.6 Å². The number of rotatable bonds is 4. The molecule has 0 radical (unpaired) electrons. The minimum Gasteiger partial charge on any atom is -0.337 e. The average Bonchev–Trinajstić information content (AvgIpc) is 2.72. The molecule has 1 aliphatic heterocycles. The molecule has 5 nitrogen and oxygen atoms in total. The summed E-state index contributed by atoms with van der Waals surface area (Å²) >= 11 is 0. The van der Waals surface area contributed by atoms with Crippen molar-refractivity contribution in [3.63, 3.8) is 0 Å². The Bertz CT molecular complexity index is 727. The van der Waals surface area contributed by atoms with Gasteiger partial charge in [0.2, 0.25) is 5.91 Å². The Hall–Kier alpha value is -2.04. The first-order valence-electron chi connectivity index (χ1n) is 11.5. The Balaban J connectivity index is 1.15. The monoisotopic (exact) mass is 395 g/mol. The minimum absolute atomic E-state index is 0.0229. The van der Waals surface area contributed by atoms with Crippen LogP contribution in [0.15, 0.2) is 30.3 Å². The van der Waals surface area contributed by atoms with Crippen molar-refractivity contribution < 1.29 is 9.59 Å². The van der Waals surface area contributed by atoms with E-state index in [1.165, 1.54) is 38.5 Å². The van der Waals surface area contributed by atoms with Gasteiger partial charge in [0.1, 0.15) is 0 Å². The normalized spacial score (nSPS) is 35.4. The van der Waals surface area contributed by atoms with Crippen molar-refractivity contribution in [1.82, 2.24) is 10.2 Å². The largest absolute Gasteiger partial charge is 0.337 e. The Kier molecular flexibility index (Phi) is 5.00. The summed E-state index contributed by atoms with van der Waals surface area (Å²) in [5, 5.41) is 6.27. The first-order valence-corrected chi connectivity index (χ1v) is 11.5. The van der Waals surface area contributed by atoms with Gasteiger partial charge in [-0.05, 0) is 86.7 Å². The third-order valence-corrected chi connectivity index (χ3v) is 7.90. The fraction of sp³-hybridized carbons (Fsp3) is 0.667. The van der Waals surface area contributed by atoms with Crippen molar-refractivity contribution in [1.29, 1.82) is 0 Å². The smallest absolute Gasteiger partial charge is 0.317 e. The Morgan fingerprint density at radius 2 is 1.66 bits per heavy atom. The number of urea groups is 1. The number of likely N-dealkylation sites (tertiary alicyclic amines) is 1. The summed E-state index contributed by atoms with van der Waals surface area (Å²) in [4.78, 5) is 27.4. The number of carbonyl (C=O) groups is 2. The van der Waals surface area contributed by atoms with Crippen LogP contribution in [0.5, 0.6) is 0 Å². The van der Waals surface area contributed by atoms with Crippen molar-refractivity contribution >= 4 is 17.6 Å². The van der Waals surface area contributed by atoms with Crippen LogP contribution in [-0.2, 0) is 4.79 Å². The molecular formula is C24H33N3O2. The van der Waals surface area contributed by atoms with E-state index in [2.05, 4.69) is 10.6 Å². The van der Waals surface area contributed by atoms with Crippen LogP contribution in [0.3, 0.4) is 0 Å². The molecular weight excluding hydrogens is 362 g/mol. The highest BCUT2D eigenvalue weighted by atomic mass is 16.2. The van der Waals surface area contributed by atoms with Crippen LogP contribution in [0.4, 0.5) is 10.5 Å². The van der Waals surface area contributed by atoms with E-state index < -0.39 is 0 Å². The highest BCUT2D eigenvalue weighted by Crippen LogP contribution is 2.59. The van der Waals surface area contributed by atoms with Crippen molar-refractivity contribution in [2.24, 2.45) is 29.1 Å².